The van der Waals surface area contributed by atoms with E-state index in [0.29, 0.717) is 17.7 Å². The van der Waals surface area contributed by atoms with Gasteiger partial charge in [0.15, 0.2) is 0 Å². The van der Waals surface area contributed by atoms with Gasteiger partial charge in [-0.1, -0.05) is 12.2 Å². The Balaban J connectivity index is 2.02. The van der Waals surface area contributed by atoms with Gasteiger partial charge in [-0.2, -0.15) is 13.2 Å². The molecule has 23 heavy (non-hydrogen) atoms. The predicted octanol–water partition coefficient (Wildman–Crippen LogP) is 3.90. The fourth-order valence-electron chi connectivity index (χ4n) is 3.50. The molecule has 6 heteroatoms. The van der Waals surface area contributed by atoms with Crippen LogP contribution in [0.4, 0.5) is 18.9 Å². The van der Waals surface area contributed by atoms with Crippen molar-refractivity contribution in [1.29, 1.82) is 0 Å². The number of halogens is 3. The number of aliphatic hydroxyl groups is 1. The summed E-state index contributed by atoms with van der Waals surface area (Å²) in [6, 6.07) is 3.75. The highest BCUT2D eigenvalue weighted by atomic mass is 19.4. The van der Waals surface area contributed by atoms with E-state index in [9.17, 15) is 18.3 Å². The summed E-state index contributed by atoms with van der Waals surface area (Å²) >= 11 is 0. The minimum absolute atomic E-state index is 0.0221. The molecular formula is C17H20F3NO2. The third kappa shape index (κ3) is 3.10. The van der Waals surface area contributed by atoms with Crippen LogP contribution < -0.4 is 5.32 Å². The van der Waals surface area contributed by atoms with Crippen LogP contribution in [-0.4, -0.2) is 23.9 Å². The number of nitrogens with one attached hydrogen (secondary N) is 1. The van der Waals surface area contributed by atoms with E-state index < -0.39 is 17.8 Å². The van der Waals surface area contributed by atoms with Crippen LogP contribution in [0, 0.1) is 5.92 Å². The molecule has 2 aliphatic rings. The fraction of sp³-hybridized carbons (Fsp3) is 0.529. The van der Waals surface area contributed by atoms with Gasteiger partial charge in [-0.15, -0.1) is 0 Å². The van der Waals surface area contributed by atoms with Crippen molar-refractivity contribution in [2.24, 2.45) is 5.92 Å². The maximum absolute atomic E-state index is 13.0. The van der Waals surface area contributed by atoms with Crippen molar-refractivity contribution < 1.29 is 23.0 Å². The summed E-state index contributed by atoms with van der Waals surface area (Å²) in [5, 5.41) is 12.7. The minimum atomic E-state index is -4.38. The zero-order valence-electron chi connectivity index (χ0n) is 12.8. The number of hydrogen-bond donors (Lipinski definition) is 2. The Morgan fingerprint density at radius 1 is 1.35 bits per heavy atom. The highest BCUT2D eigenvalue weighted by Gasteiger charge is 2.42. The van der Waals surface area contributed by atoms with Crippen molar-refractivity contribution in [3.8, 4) is 0 Å². The summed E-state index contributed by atoms with van der Waals surface area (Å²) in [4.78, 5) is 0. The first kappa shape index (κ1) is 16.3. The molecule has 3 nitrogen and oxygen atoms in total. The van der Waals surface area contributed by atoms with E-state index in [0.717, 1.165) is 12.5 Å². The van der Waals surface area contributed by atoms with Gasteiger partial charge in [-0.3, -0.25) is 0 Å². The van der Waals surface area contributed by atoms with E-state index >= 15 is 0 Å². The Morgan fingerprint density at radius 3 is 2.78 bits per heavy atom. The van der Waals surface area contributed by atoms with E-state index in [1.165, 1.54) is 12.1 Å². The first-order chi connectivity index (χ1) is 10.9. The third-order valence-electron chi connectivity index (χ3n) is 4.62. The summed E-state index contributed by atoms with van der Waals surface area (Å²) in [7, 11) is 0. The normalized spacial score (nSPS) is 30.7. The Labute approximate surface area is 133 Å². The molecule has 2 N–H and O–H groups in total. The van der Waals surface area contributed by atoms with Gasteiger partial charge in [0.1, 0.15) is 0 Å². The summed E-state index contributed by atoms with van der Waals surface area (Å²) in [5.74, 6) is 0.0602. The molecule has 0 saturated carbocycles. The Morgan fingerprint density at radius 2 is 2.13 bits per heavy atom. The molecular weight excluding hydrogens is 307 g/mol. The number of allylic oxidation sites excluding steroid dienone is 1. The monoisotopic (exact) mass is 327 g/mol. The van der Waals surface area contributed by atoms with Crippen molar-refractivity contribution in [1.82, 2.24) is 0 Å². The van der Waals surface area contributed by atoms with Crippen molar-refractivity contribution in [3.63, 3.8) is 0 Å². The molecule has 0 bridgehead atoms. The molecule has 1 aromatic carbocycles. The van der Waals surface area contributed by atoms with Crippen molar-refractivity contribution in [2.75, 3.05) is 11.9 Å². The maximum atomic E-state index is 13.0. The van der Waals surface area contributed by atoms with Crippen LogP contribution in [-0.2, 0) is 10.9 Å². The molecule has 1 saturated heterocycles. The van der Waals surface area contributed by atoms with Gasteiger partial charge >= 0.3 is 6.18 Å². The summed E-state index contributed by atoms with van der Waals surface area (Å²) < 4.78 is 44.9. The second-order valence-corrected chi connectivity index (χ2v) is 6.10. The highest BCUT2D eigenvalue weighted by molar-refractivity contribution is 5.58. The number of hydrogen-bond acceptors (Lipinski definition) is 3. The second-order valence-electron chi connectivity index (χ2n) is 6.10. The predicted molar refractivity (Wildman–Crippen MR) is 81.1 cm³/mol. The number of aliphatic hydroxyl groups excluding tert-OH is 1. The number of benzene rings is 1. The van der Waals surface area contributed by atoms with Crippen LogP contribution in [0.3, 0.4) is 0 Å². The average Bonchev–Trinajstić information content (AvgIpc) is 2.53. The Bertz CT molecular complexity index is 600. The molecule has 3 rings (SSSR count). The quantitative estimate of drug-likeness (QED) is 0.810. The third-order valence-corrected chi connectivity index (χ3v) is 4.62. The molecule has 0 aromatic heterocycles. The molecule has 0 spiro atoms. The van der Waals surface area contributed by atoms with E-state index in [2.05, 4.69) is 5.32 Å². The standard InChI is InChI=1S/C17H20F3NO2/c1-2-3-14-12-6-5-11(9-22)23-16(12)13-8-10(17(18,19)20)4-7-15(13)21-14/h2-4,7-8,11-12,14,16,21-22H,5-6,9H2,1H3/t11?,12-,14-,16-/m0/s1. The molecule has 1 aromatic rings. The Hall–Kier alpha value is -1.53. The van der Waals surface area contributed by atoms with Gasteiger partial charge in [0.05, 0.1) is 30.4 Å². The topological polar surface area (TPSA) is 41.5 Å². The largest absolute Gasteiger partial charge is 0.416 e. The molecule has 126 valence electrons. The molecule has 1 fully saturated rings. The van der Waals surface area contributed by atoms with E-state index in [1.54, 1.807) is 0 Å². The summed E-state index contributed by atoms with van der Waals surface area (Å²) in [5.41, 5.74) is 0.528. The van der Waals surface area contributed by atoms with Gasteiger partial charge < -0.3 is 15.2 Å². The lowest BCUT2D eigenvalue weighted by atomic mass is 9.78. The van der Waals surface area contributed by atoms with Crippen LogP contribution in [0.1, 0.15) is 37.0 Å². The maximum Gasteiger partial charge on any atom is 0.416 e. The van der Waals surface area contributed by atoms with Gasteiger partial charge in [0.2, 0.25) is 0 Å². The van der Waals surface area contributed by atoms with Crippen LogP contribution in [0.2, 0.25) is 0 Å². The van der Waals surface area contributed by atoms with Gasteiger partial charge in [-0.25, -0.2) is 0 Å². The zero-order chi connectivity index (χ0) is 16.6. The average molecular weight is 327 g/mol. The molecule has 0 aliphatic carbocycles. The van der Waals surface area contributed by atoms with Crippen molar-refractivity contribution in [2.45, 2.75) is 44.2 Å². The lowest BCUT2D eigenvalue weighted by Crippen LogP contribution is -2.43. The smallest absolute Gasteiger partial charge is 0.394 e. The number of ether oxygens (including phenoxy) is 1. The van der Waals surface area contributed by atoms with Crippen molar-refractivity contribution in [3.05, 3.63) is 41.5 Å². The second kappa shape index (κ2) is 6.17. The van der Waals surface area contributed by atoms with Gasteiger partial charge in [0, 0.05) is 17.2 Å². The lowest BCUT2D eigenvalue weighted by Gasteiger charge is -2.44. The lowest BCUT2D eigenvalue weighted by molar-refractivity contribution is -0.138. The first-order valence-corrected chi connectivity index (χ1v) is 7.81. The molecule has 0 amide bonds. The van der Waals surface area contributed by atoms with Crippen molar-refractivity contribution >= 4 is 5.69 Å². The first-order valence-electron chi connectivity index (χ1n) is 7.81. The van der Waals surface area contributed by atoms with Crippen LogP contribution in [0.15, 0.2) is 30.4 Å². The number of alkyl halides is 3. The van der Waals surface area contributed by atoms with Crippen LogP contribution >= 0.6 is 0 Å². The van der Waals surface area contributed by atoms with Crippen LogP contribution in [0.25, 0.3) is 0 Å². The minimum Gasteiger partial charge on any atom is -0.394 e. The zero-order valence-corrected chi connectivity index (χ0v) is 12.8. The van der Waals surface area contributed by atoms with E-state index in [4.69, 9.17) is 4.74 Å². The molecule has 4 atom stereocenters. The fourth-order valence-corrected chi connectivity index (χ4v) is 3.50. The molecule has 1 unspecified atom stereocenters. The number of fused-ring (bicyclic) bond motifs is 3. The van der Waals surface area contributed by atoms with Gasteiger partial charge in [0.25, 0.3) is 0 Å². The molecule has 0 radical (unpaired) electrons. The Kier molecular flexibility index (Phi) is 4.38. The summed E-state index contributed by atoms with van der Waals surface area (Å²) in [6.45, 7) is 1.80. The van der Waals surface area contributed by atoms with E-state index in [1.807, 2.05) is 19.1 Å². The SMILES string of the molecule is CC=C[C@@H]1Nc2ccc(C(F)(F)F)cc2[C@H]2OC(CO)CC[C@@H]12. The number of rotatable bonds is 2. The highest BCUT2D eigenvalue weighted by Crippen LogP contribution is 2.47. The molecule has 2 heterocycles. The van der Waals surface area contributed by atoms with Gasteiger partial charge in [-0.05, 0) is 38.0 Å². The van der Waals surface area contributed by atoms with Crippen LogP contribution in [0.5, 0.6) is 0 Å². The summed E-state index contributed by atoms with van der Waals surface area (Å²) in [6.07, 6.45) is 0.331. The van der Waals surface area contributed by atoms with E-state index in [-0.39, 0.29) is 24.7 Å². The molecule has 2 aliphatic heterocycles. The number of anilines is 1.